The van der Waals surface area contributed by atoms with Crippen LogP contribution in [0, 0.1) is 0 Å². The molecule has 0 amide bonds. The monoisotopic (exact) mass is 210 g/mol. The Labute approximate surface area is 83.0 Å². The van der Waals surface area contributed by atoms with Gasteiger partial charge in [0, 0.05) is 11.8 Å². The molecule has 1 aromatic carbocycles. The number of benzene rings is 1. The van der Waals surface area contributed by atoms with Crippen LogP contribution in [0.4, 0.5) is 0 Å². The molecule has 0 aromatic heterocycles. The van der Waals surface area contributed by atoms with Crippen LogP contribution in [0.1, 0.15) is 10.4 Å². The van der Waals surface area contributed by atoms with Gasteiger partial charge in [-0.1, -0.05) is 6.58 Å². The number of hydrogen-bond acceptors (Lipinski definition) is 3. The Bertz CT molecular complexity index is 455. The quantitative estimate of drug-likeness (QED) is 0.560. The normalized spacial score (nSPS) is 10.9. The lowest BCUT2D eigenvalue weighted by atomic mass is 10.1. The van der Waals surface area contributed by atoms with Crippen LogP contribution >= 0.6 is 0 Å². The summed E-state index contributed by atoms with van der Waals surface area (Å²) < 4.78 is 22.2. The second-order valence-electron chi connectivity index (χ2n) is 2.86. The van der Waals surface area contributed by atoms with Crippen LogP contribution in [0.2, 0.25) is 0 Å². The third-order valence-electron chi connectivity index (χ3n) is 1.75. The van der Waals surface area contributed by atoms with Gasteiger partial charge in [-0.05, 0) is 30.3 Å². The van der Waals surface area contributed by atoms with E-state index in [4.69, 9.17) is 0 Å². The van der Waals surface area contributed by atoms with Gasteiger partial charge in [-0.25, -0.2) is 8.42 Å². The number of sulfone groups is 1. The predicted octanol–water partition coefficient (Wildman–Crippen LogP) is 1.46. The van der Waals surface area contributed by atoms with Crippen molar-refractivity contribution in [2.45, 2.75) is 4.90 Å². The molecule has 0 radical (unpaired) electrons. The van der Waals surface area contributed by atoms with E-state index in [0.717, 1.165) is 6.26 Å². The van der Waals surface area contributed by atoms with Crippen molar-refractivity contribution in [3.8, 4) is 0 Å². The van der Waals surface area contributed by atoms with Crippen molar-refractivity contribution in [1.29, 1.82) is 0 Å². The predicted molar refractivity (Wildman–Crippen MR) is 54.1 cm³/mol. The summed E-state index contributed by atoms with van der Waals surface area (Å²) in [5.41, 5.74) is 0.437. The Morgan fingerprint density at radius 3 is 2.14 bits per heavy atom. The van der Waals surface area contributed by atoms with Gasteiger partial charge >= 0.3 is 0 Å². The lowest BCUT2D eigenvalue weighted by molar-refractivity contribution is 0.104. The van der Waals surface area contributed by atoms with Gasteiger partial charge in [-0.15, -0.1) is 0 Å². The van der Waals surface area contributed by atoms with Gasteiger partial charge in [-0.3, -0.25) is 4.79 Å². The Kier molecular flexibility index (Phi) is 2.86. The van der Waals surface area contributed by atoms with Crippen molar-refractivity contribution in [3.05, 3.63) is 42.5 Å². The number of hydrogen-bond donors (Lipinski definition) is 0. The number of ketones is 1. The summed E-state index contributed by atoms with van der Waals surface area (Å²) in [7, 11) is -3.19. The summed E-state index contributed by atoms with van der Waals surface area (Å²) in [5.74, 6) is -0.218. The van der Waals surface area contributed by atoms with Crippen LogP contribution < -0.4 is 0 Å². The number of carbonyl (C=O) groups is 1. The van der Waals surface area contributed by atoms with E-state index >= 15 is 0 Å². The van der Waals surface area contributed by atoms with Gasteiger partial charge in [0.15, 0.2) is 15.6 Å². The summed E-state index contributed by atoms with van der Waals surface area (Å²) in [6, 6.07) is 5.76. The average molecular weight is 210 g/mol. The maximum Gasteiger partial charge on any atom is 0.185 e. The maximum atomic E-state index is 11.1. The smallest absolute Gasteiger partial charge is 0.185 e. The zero-order valence-corrected chi connectivity index (χ0v) is 8.54. The molecule has 0 aliphatic rings. The average Bonchev–Trinajstić information content (AvgIpc) is 2.15. The van der Waals surface area contributed by atoms with E-state index in [2.05, 4.69) is 6.58 Å². The summed E-state index contributed by atoms with van der Waals surface area (Å²) in [4.78, 5) is 11.3. The Balaban J connectivity index is 3.13. The van der Waals surface area contributed by atoms with Gasteiger partial charge in [0.05, 0.1) is 4.90 Å². The second-order valence-corrected chi connectivity index (χ2v) is 4.88. The number of carbonyl (C=O) groups excluding carboxylic acids is 1. The molecule has 4 heteroatoms. The molecule has 0 aliphatic carbocycles. The molecular formula is C10H10O3S. The first-order valence-corrected chi connectivity index (χ1v) is 5.81. The summed E-state index contributed by atoms with van der Waals surface area (Å²) in [6.45, 7) is 3.34. The lowest BCUT2D eigenvalue weighted by Gasteiger charge is -1.99. The van der Waals surface area contributed by atoms with Gasteiger partial charge in [0.25, 0.3) is 0 Å². The minimum atomic E-state index is -3.19. The molecule has 0 aliphatic heterocycles. The molecule has 1 rings (SSSR count). The van der Waals surface area contributed by atoms with Crippen molar-refractivity contribution in [1.82, 2.24) is 0 Å². The third-order valence-corrected chi connectivity index (χ3v) is 2.88. The topological polar surface area (TPSA) is 51.2 Å². The molecule has 0 saturated carbocycles. The third kappa shape index (κ3) is 2.29. The van der Waals surface area contributed by atoms with Gasteiger partial charge in [0.2, 0.25) is 0 Å². The molecule has 14 heavy (non-hydrogen) atoms. The van der Waals surface area contributed by atoms with E-state index in [-0.39, 0.29) is 10.7 Å². The van der Waals surface area contributed by atoms with E-state index < -0.39 is 9.84 Å². The van der Waals surface area contributed by atoms with Crippen LogP contribution in [0.25, 0.3) is 0 Å². The lowest BCUT2D eigenvalue weighted by Crippen LogP contribution is -1.99. The van der Waals surface area contributed by atoms with E-state index in [9.17, 15) is 13.2 Å². The van der Waals surface area contributed by atoms with Crippen molar-refractivity contribution < 1.29 is 13.2 Å². The molecule has 0 saturated heterocycles. The van der Waals surface area contributed by atoms with Gasteiger partial charge in [0.1, 0.15) is 0 Å². The van der Waals surface area contributed by atoms with Gasteiger partial charge in [-0.2, -0.15) is 0 Å². The summed E-state index contributed by atoms with van der Waals surface area (Å²) >= 11 is 0. The Morgan fingerprint density at radius 2 is 1.79 bits per heavy atom. The summed E-state index contributed by atoms with van der Waals surface area (Å²) in [5, 5.41) is 0. The van der Waals surface area contributed by atoms with Crippen LogP contribution in [-0.2, 0) is 9.84 Å². The molecule has 1 aromatic rings. The van der Waals surface area contributed by atoms with Gasteiger partial charge < -0.3 is 0 Å². The summed E-state index contributed by atoms with van der Waals surface area (Å²) in [6.07, 6.45) is 2.31. The molecule has 0 atom stereocenters. The molecule has 74 valence electrons. The molecule has 0 fully saturated rings. The molecule has 0 heterocycles. The fourth-order valence-electron chi connectivity index (χ4n) is 0.984. The molecule has 3 nitrogen and oxygen atoms in total. The fourth-order valence-corrected chi connectivity index (χ4v) is 1.61. The number of rotatable bonds is 3. The van der Waals surface area contributed by atoms with Crippen molar-refractivity contribution >= 4 is 15.6 Å². The van der Waals surface area contributed by atoms with Crippen LogP contribution in [0.3, 0.4) is 0 Å². The molecular weight excluding hydrogens is 200 g/mol. The first kappa shape index (κ1) is 10.7. The Hall–Kier alpha value is -1.42. The maximum absolute atomic E-state index is 11.1. The van der Waals surface area contributed by atoms with Crippen LogP contribution in [0.15, 0.2) is 41.8 Å². The standard InChI is InChI=1S/C10H10O3S/c1-3-10(11)8-4-6-9(7-5-8)14(2,12)13/h3-7H,1H2,2H3. The van der Waals surface area contributed by atoms with E-state index in [0.29, 0.717) is 5.56 Å². The van der Waals surface area contributed by atoms with Crippen molar-refractivity contribution in [2.24, 2.45) is 0 Å². The molecule has 0 bridgehead atoms. The second kappa shape index (κ2) is 3.75. The zero-order chi connectivity index (χ0) is 10.8. The first-order valence-electron chi connectivity index (χ1n) is 3.92. The van der Waals surface area contributed by atoms with E-state index in [1.54, 1.807) is 0 Å². The van der Waals surface area contributed by atoms with E-state index in [1.807, 2.05) is 0 Å². The van der Waals surface area contributed by atoms with E-state index in [1.165, 1.54) is 30.3 Å². The molecule has 0 spiro atoms. The highest BCUT2D eigenvalue weighted by atomic mass is 32.2. The van der Waals surface area contributed by atoms with Crippen molar-refractivity contribution in [3.63, 3.8) is 0 Å². The van der Waals surface area contributed by atoms with Crippen LogP contribution in [-0.4, -0.2) is 20.5 Å². The molecule has 0 unspecified atom stereocenters. The first-order chi connectivity index (χ1) is 6.45. The zero-order valence-electron chi connectivity index (χ0n) is 7.73. The minimum absolute atomic E-state index is 0.207. The minimum Gasteiger partial charge on any atom is -0.289 e. The molecule has 0 N–H and O–H groups in total. The van der Waals surface area contributed by atoms with Crippen molar-refractivity contribution in [2.75, 3.05) is 6.26 Å². The largest absolute Gasteiger partial charge is 0.289 e. The highest BCUT2D eigenvalue weighted by Crippen LogP contribution is 2.10. The highest BCUT2D eigenvalue weighted by Gasteiger charge is 2.07. The fraction of sp³-hybridized carbons (Fsp3) is 0.100. The SMILES string of the molecule is C=CC(=O)c1ccc(S(C)(=O)=O)cc1. The number of allylic oxidation sites excluding steroid dienone is 1. The highest BCUT2D eigenvalue weighted by molar-refractivity contribution is 7.90. The van der Waals surface area contributed by atoms with Crippen LogP contribution in [0.5, 0.6) is 0 Å². The Morgan fingerprint density at radius 1 is 1.29 bits per heavy atom.